The van der Waals surface area contributed by atoms with Crippen molar-refractivity contribution in [3.8, 4) is 11.1 Å². The van der Waals surface area contributed by atoms with E-state index in [4.69, 9.17) is 0 Å². The van der Waals surface area contributed by atoms with Gasteiger partial charge in [0.25, 0.3) is 11.5 Å². The Labute approximate surface area is 192 Å². The van der Waals surface area contributed by atoms with Crippen molar-refractivity contribution in [2.75, 3.05) is 19.6 Å². The lowest BCUT2D eigenvalue weighted by Crippen LogP contribution is -2.45. The first-order chi connectivity index (χ1) is 15.9. The van der Waals surface area contributed by atoms with E-state index in [2.05, 4.69) is 58.8 Å². The van der Waals surface area contributed by atoms with Crippen LogP contribution >= 0.6 is 0 Å². The zero-order chi connectivity index (χ0) is 23.4. The molecule has 2 heterocycles. The van der Waals surface area contributed by atoms with Crippen LogP contribution in [0.25, 0.3) is 11.1 Å². The number of benzene rings is 2. The molecule has 1 aliphatic rings. The minimum absolute atomic E-state index is 0.0459. The van der Waals surface area contributed by atoms with Gasteiger partial charge >= 0.3 is 0 Å². The van der Waals surface area contributed by atoms with E-state index in [1.54, 1.807) is 4.90 Å². The molecule has 0 unspecified atom stereocenters. The molecule has 0 saturated carbocycles. The van der Waals surface area contributed by atoms with Gasteiger partial charge in [0.2, 0.25) is 5.91 Å². The number of aromatic nitrogens is 2. The molecular weight excluding hydrogens is 416 g/mol. The molecule has 7 nitrogen and oxygen atoms in total. The summed E-state index contributed by atoms with van der Waals surface area (Å²) in [5, 5.41) is 9.13. The molecule has 1 saturated heterocycles. The van der Waals surface area contributed by atoms with Crippen LogP contribution in [0.2, 0.25) is 0 Å². The SMILES string of the molecule is CCNC(=O)[C@]1(Cc2cccc(-c3ccc(C)cc3)c2)CCN(C(=O)c2ccc(=O)[nH]n2)C1. The van der Waals surface area contributed by atoms with Crippen LogP contribution in [0.5, 0.6) is 0 Å². The third-order valence-corrected chi connectivity index (χ3v) is 6.21. The topological polar surface area (TPSA) is 95.2 Å². The molecule has 4 rings (SSSR count). The molecule has 1 aromatic heterocycles. The Balaban J connectivity index is 1.59. The average Bonchev–Trinajstić information content (AvgIpc) is 3.25. The highest BCUT2D eigenvalue weighted by atomic mass is 16.2. The maximum atomic E-state index is 13.2. The zero-order valence-electron chi connectivity index (χ0n) is 18.9. The van der Waals surface area contributed by atoms with Crippen molar-refractivity contribution in [2.24, 2.45) is 5.41 Å². The highest BCUT2D eigenvalue weighted by Gasteiger charge is 2.46. The maximum Gasteiger partial charge on any atom is 0.274 e. The van der Waals surface area contributed by atoms with Crippen molar-refractivity contribution in [1.82, 2.24) is 20.4 Å². The van der Waals surface area contributed by atoms with E-state index < -0.39 is 5.41 Å². The van der Waals surface area contributed by atoms with Gasteiger partial charge in [-0.3, -0.25) is 14.4 Å². The van der Waals surface area contributed by atoms with Gasteiger partial charge in [0.1, 0.15) is 5.69 Å². The number of nitrogens with one attached hydrogen (secondary N) is 2. The van der Waals surface area contributed by atoms with Crippen molar-refractivity contribution >= 4 is 11.8 Å². The summed E-state index contributed by atoms with van der Waals surface area (Å²) in [6.45, 7) is 5.23. The second-order valence-electron chi connectivity index (χ2n) is 8.67. The number of hydrogen-bond donors (Lipinski definition) is 2. The van der Waals surface area contributed by atoms with E-state index in [9.17, 15) is 14.4 Å². The summed E-state index contributed by atoms with van der Waals surface area (Å²) in [4.78, 5) is 39.1. The molecule has 1 atom stereocenters. The normalized spacial score (nSPS) is 17.7. The van der Waals surface area contributed by atoms with E-state index in [0.717, 1.165) is 16.7 Å². The predicted molar refractivity (Wildman–Crippen MR) is 127 cm³/mol. The van der Waals surface area contributed by atoms with Crippen molar-refractivity contribution in [3.63, 3.8) is 0 Å². The van der Waals surface area contributed by atoms with Crippen LogP contribution in [0.4, 0.5) is 0 Å². The Bertz CT molecular complexity index is 1200. The van der Waals surface area contributed by atoms with E-state index >= 15 is 0 Å². The lowest BCUT2D eigenvalue weighted by Gasteiger charge is -2.28. The monoisotopic (exact) mass is 444 g/mol. The van der Waals surface area contributed by atoms with Gasteiger partial charge in [-0.2, -0.15) is 5.10 Å². The summed E-state index contributed by atoms with van der Waals surface area (Å²) in [5.74, 6) is -0.332. The lowest BCUT2D eigenvalue weighted by atomic mass is 9.79. The third kappa shape index (κ3) is 4.87. The number of carbonyl (C=O) groups is 2. The highest BCUT2D eigenvalue weighted by Crippen LogP contribution is 2.36. The fraction of sp³-hybridized carbons (Fsp3) is 0.308. The van der Waals surface area contributed by atoms with Crippen LogP contribution in [0, 0.1) is 12.3 Å². The van der Waals surface area contributed by atoms with Crippen molar-refractivity contribution in [1.29, 1.82) is 0 Å². The molecule has 1 aliphatic heterocycles. The van der Waals surface area contributed by atoms with Crippen LogP contribution in [0.15, 0.2) is 65.5 Å². The number of aromatic amines is 1. The quantitative estimate of drug-likeness (QED) is 0.611. The van der Waals surface area contributed by atoms with Gasteiger partial charge in [-0.1, -0.05) is 54.1 Å². The Hall–Kier alpha value is -3.74. The van der Waals surface area contributed by atoms with E-state index in [-0.39, 0.29) is 23.1 Å². The van der Waals surface area contributed by atoms with Gasteiger partial charge in [0.15, 0.2) is 0 Å². The lowest BCUT2D eigenvalue weighted by molar-refractivity contribution is -0.130. The molecular formula is C26H28N4O3. The molecule has 0 bridgehead atoms. The Morgan fingerprint density at radius 2 is 1.88 bits per heavy atom. The first kappa shape index (κ1) is 22.5. The number of amides is 2. The standard InChI is InChI=1S/C26H28N4O3/c1-3-27-25(33)26(13-14-30(17-26)24(32)22-11-12-23(31)29-28-22)16-19-5-4-6-21(15-19)20-9-7-18(2)8-10-20/h4-12,15H,3,13-14,16-17H2,1-2H3,(H,27,33)(H,29,31)/t26-/m0/s1. The summed E-state index contributed by atoms with van der Waals surface area (Å²) >= 11 is 0. The zero-order valence-corrected chi connectivity index (χ0v) is 18.9. The largest absolute Gasteiger partial charge is 0.356 e. The molecule has 7 heteroatoms. The third-order valence-electron chi connectivity index (χ3n) is 6.21. The minimum Gasteiger partial charge on any atom is -0.356 e. The average molecular weight is 445 g/mol. The first-order valence-corrected chi connectivity index (χ1v) is 11.2. The van der Waals surface area contributed by atoms with Crippen LogP contribution in [0.3, 0.4) is 0 Å². The van der Waals surface area contributed by atoms with Crippen molar-refractivity contribution < 1.29 is 9.59 Å². The summed E-state index contributed by atoms with van der Waals surface area (Å²) in [5.41, 5.74) is 3.57. The number of carbonyl (C=O) groups excluding carboxylic acids is 2. The number of rotatable bonds is 6. The van der Waals surface area contributed by atoms with Gasteiger partial charge in [-0.25, -0.2) is 5.10 Å². The molecule has 2 aromatic carbocycles. The number of hydrogen-bond acceptors (Lipinski definition) is 4. The number of H-pyrrole nitrogens is 1. The highest BCUT2D eigenvalue weighted by molar-refractivity contribution is 5.93. The summed E-state index contributed by atoms with van der Waals surface area (Å²) in [6.07, 6.45) is 1.09. The smallest absolute Gasteiger partial charge is 0.274 e. The van der Waals surface area contributed by atoms with E-state index in [0.29, 0.717) is 32.5 Å². The second-order valence-corrected chi connectivity index (χ2v) is 8.67. The van der Waals surface area contributed by atoms with E-state index in [1.807, 2.05) is 19.1 Å². The number of aryl methyl sites for hydroxylation is 1. The summed E-state index contributed by atoms with van der Waals surface area (Å²) < 4.78 is 0. The van der Waals surface area contributed by atoms with E-state index in [1.165, 1.54) is 17.7 Å². The summed E-state index contributed by atoms with van der Waals surface area (Å²) in [6, 6.07) is 19.3. The first-order valence-electron chi connectivity index (χ1n) is 11.2. The maximum absolute atomic E-state index is 13.2. The fourth-order valence-corrected chi connectivity index (χ4v) is 4.43. The molecule has 2 N–H and O–H groups in total. The molecule has 1 fully saturated rings. The van der Waals surface area contributed by atoms with Crippen LogP contribution in [0.1, 0.15) is 35.0 Å². The molecule has 2 amide bonds. The molecule has 3 aromatic rings. The molecule has 33 heavy (non-hydrogen) atoms. The van der Waals surface area contributed by atoms with Crippen LogP contribution < -0.4 is 10.9 Å². The van der Waals surface area contributed by atoms with Crippen LogP contribution in [-0.2, 0) is 11.2 Å². The number of likely N-dealkylation sites (tertiary alicyclic amines) is 1. The van der Waals surface area contributed by atoms with Gasteiger partial charge < -0.3 is 10.2 Å². The van der Waals surface area contributed by atoms with Gasteiger partial charge in [0, 0.05) is 25.7 Å². The van der Waals surface area contributed by atoms with Gasteiger partial charge in [-0.15, -0.1) is 0 Å². The molecule has 0 aliphatic carbocycles. The van der Waals surface area contributed by atoms with Gasteiger partial charge in [-0.05, 0) is 49.4 Å². The number of nitrogens with zero attached hydrogens (tertiary/aromatic N) is 2. The van der Waals surface area contributed by atoms with Crippen LogP contribution in [-0.4, -0.2) is 46.5 Å². The fourth-order valence-electron chi connectivity index (χ4n) is 4.43. The second kappa shape index (κ2) is 9.40. The Morgan fingerprint density at radius 1 is 1.09 bits per heavy atom. The summed E-state index contributed by atoms with van der Waals surface area (Å²) in [7, 11) is 0. The Kier molecular flexibility index (Phi) is 6.40. The van der Waals surface area contributed by atoms with Gasteiger partial charge in [0.05, 0.1) is 5.41 Å². The Morgan fingerprint density at radius 3 is 2.58 bits per heavy atom. The molecule has 0 spiro atoms. The van der Waals surface area contributed by atoms with Crippen molar-refractivity contribution in [2.45, 2.75) is 26.7 Å². The molecule has 0 radical (unpaired) electrons. The predicted octanol–water partition coefficient (Wildman–Crippen LogP) is 2.96. The molecule has 170 valence electrons. The minimum atomic E-state index is -0.722. The van der Waals surface area contributed by atoms with Crippen molar-refractivity contribution in [3.05, 3.63) is 87.8 Å².